The van der Waals surface area contributed by atoms with E-state index in [1.54, 1.807) is 6.07 Å². The molecule has 1 amide bonds. The van der Waals surface area contributed by atoms with Crippen molar-refractivity contribution in [3.05, 3.63) is 65.2 Å². The molecule has 0 heterocycles. The molecule has 0 spiro atoms. The molecule has 22 heavy (non-hydrogen) atoms. The molecular weight excluding hydrogens is 276 g/mol. The number of fused-ring (bicyclic) bond motifs is 1. The Hall–Kier alpha value is -2.33. The van der Waals surface area contributed by atoms with E-state index in [9.17, 15) is 4.79 Å². The molecule has 114 valence electrons. The molecule has 2 aromatic rings. The molecule has 1 aliphatic rings. The van der Waals surface area contributed by atoms with E-state index in [1.807, 2.05) is 18.2 Å². The van der Waals surface area contributed by atoms with Gasteiger partial charge >= 0.3 is 0 Å². The molecule has 0 saturated carbocycles. The maximum Gasteiger partial charge on any atom is 0.251 e. The Labute approximate surface area is 130 Å². The molecule has 3 N–H and O–H groups in total. The van der Waals surface area contributed by atoms with E-state index in [0.29, 0.717) is 11.6 Å². The van der Waals surface area contributed by atoms with Crippen LogP contribution in [0.2, 0.25) is 0 Å². The Bertz CT molecular complexity index is 645. The van der Waals surface area contributed by atoms with Crippen molar-refractivity contribution >= 4 is 11.6 Å². The third-order valence-electron chi connectivity index (χ3n) is 3.94. The van der Waals surface area contributed by atoms with Crippen molar-refractivity contribution in [3.8, 4) is 0 Å². The molecule has 1 aliphatic carbocycles. The van der Waals surface area contributed by atoms with Crippen LogP contribution in [0.5, 0.6) is 0 Å². The standard InChI is InChI=1S/C18H20N2O2/c21-9-8-19-18(22)15-6-3-7-16(12-15)20-17-10-13-4-1-2-5-14(13)11-17/h1-7,12,17,20-21H,8-11H2,(H,19,22). The van der Waals surface area contributed by atoms with Crippen molar-refractivity contribution < 1.29 is 9.90 Å². The van der Waals surface area contributed by atoms with E-state index in [-0.39, 0.29) is 19.1 Å². The monoisotopic (exact) mass is 296 g/mol. The lowest BCUT2D eigenvalue weighted by atomic mass is 10.1. The Morgan fingerprint density at radius 1 is 1.09 bits per heavy atom. The number of hydrogen-bond donors (Lipinski definition) is 3. The van der Waals surface area contributed by atoms with Gasteiger partial charge in [0.05, 0.1) is 6.61 Å². The molecule has 0 unspecified atom stereocenters. The van der Waals surface area contributed by atoms with Crippen LogP contribution in [0.25, 0.3) is 0 Å². The van der Waals surface area contributed by atoms with Crippen LogP contribution in [-0.2, 0) is 12.8 Å². The molecular formula is C18H20N2O2. The Kier molecular flexibility index (Phi) is 4.39. The number of hydrogen-bond acceptors (Lipinski definition) is 3. The number of carbonyl (C=O) groups excluding carboxylic acids is 1. The molecule has 0 radical (unpaired) electrons. The fraction of sp³-hybridized carbons (Fsp3) is 0.278. The molecule has 4 nitrogen and oxygen atoms in total. The van der Waals surface area contributed by atoms with Gasteiger partial charge in [-0.2, -0.15) is 0 Å². The molecule has 0 atom stereocenters. The predicted octanol–water partition coefficient (Wildman–Crippen LogP) is 1.99. The third kappa shape index (κ3) is 3.28. The zero-order chi connectivity index (χ0) is 15.4. The average molecular weight is 296 g/mol. The molecule has 0 aromatic heterocycles. The van der Waals surface area contributed by atoms with Gasteiger partial charge in [-0.3, -0.25) is 4.79 Å². The lowest BCUT2D eigenvalue weighted by Gasteiger charge is -2.14. The highest BCUT2D eigenvalue weighted by molar-refractivity contribution is 5.95. The minimum Gasteiger partial charge on any atom is -0.395 e. The number of anilines is 1. The molecule has 0 saturated heterocycles. The number of aliphatic hydroxyl groups excluding tert-OH is 1. The molecule has 0 bridgehead atoms. The number of benzene rings is 2. The fourth-order valence-corrected chi connectivity index (χ4v) is 2.92. The number of carbonyl (C=O) groups is 1. The second kappa shape index (κ2) is 6.62. The first-order valence-corrected chi connectivity index (χ1v) is 7.58. The van der Waals surface area contributed by atoms with Crippen LogP contribution < -0.4 is 10.6 Å². The summed E-state index contributed by atoms with van der Waals surface area (Å²) in [5, 5.41) is 14.9. The summed E-state index contributed by atoms with van der Waals surface area (Å²) in [6, 6.07) is 16.4. The highest BCUT2D eigenvalue weighted by Crippen LogP contribution is 2.24. The molecule has 4 heteroatoms. The van der Waals surface area contributed by atoms with Crippen LogP contribution in [0.15, 0.2) is 48.5 Å². The molecule has 3 rings (SSSR count). The van der Waals surface area contributed by atoms with Crippen molar-refractivity contribution in [3.63, 3.8) is 0 Å². The first-order chi connectivity index (χ1) is 10.8. The average Bonchev–Trinajstić information content (AvgIpc) is 2.95. The summed E-state index contributed by atoms with van der Waals surface area (Å²) in [4.78, 5) is 11.9. The van der Waals surface area contributed by atoms with Gasteiger partial charge in [0.15, 0.2) is 0 Å². The number of nitrogens with one attached hydrogen (secondary N) is 2. The van der Waals surface area contributed by atoms with E-state index >= 15 is 0 Å². The lowest BCUT2D eigenvalue weighted by molar-refractivity contribution is 0.0945. The summed E-state index contributed by atoms with van der Waals surface area (Å²) in [5.74, 6) is -0.160. The van der Waals surface area contributed by atoms with Gasteiger partial charge in [0.25, 0.3) is 5.91 Å². The van der Waals surface area contributed by atoms with E-state index in [1.165, 1.54) is 11.1 Å². The van der Waals surface area contributed by atoms with Gasteiger partial charge in [-0.15, -0.1) is 0 Å². The predicted molar refractivity (Wildman–Crippen MR) is 87.1 cm³/mol. The van der Waals surface area contributed by atoms with Crippen LogP contribution in [0.4, 0.5) is 5.69 Å². The fourth-order valence-electron chi connectivity index (χ4n) is 2.92. The zero-order valence-electron chi connectivity index (χ0n) is 12.4. The molecule has 0 fully saturated rings. The van der Waals surface area contributed by atoms with Gasteiger partial charge in [-0.1, -0.05) is 30.3 Å². The largest absolute Gasteiger partial charge is 0.395 e. The highest BCUT2D eigenvalue weighted by Gasteiger charge is 2.20. The van der Waals surface area contributed by atoms with Crippen LogP contribution in [0.1, 0.15) is 21.5 Å². The summed E-state index contributed by atoms with van der Waals surface area (Å²) in [6.45, 7) is 0.221. The van der Waals surface area contributed by atoms with Gasteiger partial charge in [0.1, 0.15) is 0 Å². The van der Waals surface area contributed by atoms with E-state index < -0.39 is 0 Å². The van der Waals surface area contributed by atoms with Crippen molar-refractivity contribution in [2.45, 2.75) is 18.9 Å². The summed E-state index contributed by atoms with van der Waals surface area (Å²) in [5.41, 5.74) is 4.36. The zero-order valence-corrected chi connectivity index (χ0v) is 12.4. The normalized spacial score (nSPS) is 13.7. The Balaban J connectivity index is 1.66. The minimum absolute atomic E-state index is 0.0516. The SMILES string of the molecule is O=C(NCCO)c1cccc(NC2Cc3ccccc3C2)c1. The molecule has 0 aliphatic heterocycles. The van der Waals surface area contributed by atoms with Crippen molar-refractivity contribution in [2.24, 2.45) is 0 Å². The van der Waals surface area contributed by atoms with E-state index in [4.69, 9.17) is 5.11 Å². The second-order valence-electron chi connectivity index (χ2n) is 5.58. The number of aliphatic hydroxyl groups is 1. The first-order valence-electron chi connectivity index (χ1n) is 7.58. The maximum atomic E-state index is 11.9. The lowest BCUT2D eigenvalue weighted by Crippen LogP contribution is -2.26. The van der Waals surface area contributed by atoms with Crippen molar-refractivity contribution in [1.82, 2.24) is 5.32 Å². The first kappa shape index (κ1) is 14.6. The summed E-state index contributed by atoms with van der Waals surface area (Å²) in [7, 11) is 0. The van der Waals surface area contributed by atoms with Crippen LogP contribution in [-0.4, -0.2) is 30.2 Å². The summed E-state index contributed by atoms with van der Waals surface area (Å²) >= 11 is 0. The van der Waals surface area contributed by atoms with Gasteiger partial charge in [0, 0.05) is 23.8 Å². The van der Waals surface area contributed by atoms with E-state index in [2.05, 4.69) is 34.9 Å². The van der Waals surface area contributed by atoms with Crippen molar-refractivity contribution in [2.75, 3.05) is 18.5 Å². The van der Waals surface area contributed by atoms with Gasteiger partial charge in [-0.25, -0.2) is 0 Å². The highest BCUT2D eigenvalue weighted by atomic mass is 16.3. The smallest absolute Gasteiger partial charge is 0.251 e. The van der Waals surface area contributed by atoms with Gasteiger partial charge in [0.2, 0.25) is 0 Å². The van der Waals surface area contributed by atoms with Crippen molar-refractivity contribution in [1.29, 1.82) is 0 Å². The molecule has 2 aromatic carbocycles. The van der Waals surface area contributed by atoms with Gasteiger partial charge in [-0.05, 0) is 42.2 Å². The maximum absolute atomic E-state index is 11.9. The topological polar surface area (TPSA) is 61.4 Å². The van der Waals surface area contributed by atoms with Crippen LogP contribution in [0, 0.1) is 0 Å². The van der Waals surface area contributed by atoms with Gasteiger partial charge < -0.3 is 15.7 Å². The minimum atomic E-state index is -0.160. The van der Waals surface area contributed by atoms with E-state index in [0.717, 1.165) is 18.5 Å². The second-order valence-corrected chi connectivity index (χ2v) is 5.58. The number of rotatable bonds is 5. The van der Waals surface area contributed by atoms with Crippen LogP contribution in [0.3, 0.4) is 0 Å². The summed E-state index contributed by atoms with van der Waals surface area (Å²) < 4.78 is 0. The Morgan fingerprint density at radius 3 is 2.50 bits per heavy atom. The Morgan fingerprint density at radius 2 is 1.82 bits per heavy atom. The third-order valence-corrected chi connectivity index (χ3v) is 3.94. The number of amides is 1. The quantitative estimate of drug-likeness (QED) is 0.791. The van der Waals surface area contributed by atoms with Crippen LogP contribution >= 0.6 is 0 Å². The summed E-state index contributed by atoms with van der Waals surface area (Å²) in [6.07, 6.45) is 2.02.